The normalized spacial score (nSPS) is 11.8. The highest BCUT2D eigenvalue weighted by Crippen LogP contribution is 2.28. The van der Waals surface area contributed by atoms with Crippen molar-refractivity contribution >= 4 is 50.7 Å². The van der Waals surface area contributed by atoms with Gasteiger partial charge in [-0.25, -0.2) is 8.42 Å². The maximum atomic E-state index is 14.5. The summed E-state index contributed by atoms with van der Waals surface area (Å²) < 4.78 is 34.9. The van der Waals surface area contributed by atoms with Crippen LogP contribution in [0.1, 0.15) is 31.4 Å². The van der Waals surface area contributed by atoms with Gasteiger partial charge >= 0.3 is 0 Å². The molecule has 0 saturated carbocycles. The summed E-state index contributed by atoms with van der Waals surface area (Å²) in [7, 11) is -4.26. The number of benzene rings is 4. The standard InChI is InChI=1S/C35H37Cl2N3O5S/c1-3-22-38-35(42)33(23-26-10-6-5-7-11-26)39(24-27-12-8-9-13-32(27)37)34(41)25-40(29-16-18-30(19-17-29)45-4-2)46(43,44)31-20-14-28(36)15-21-31/h5-21,33H,3-4,22-25H2,1-2H3,(H,38,42)/t33-/m0/s1. The number of rotatable bonds is 15. The lowest BCUT2D eigenvalue weighted by molar-refractivity contribution is -0.140. The Morgan fingerprint density at radius 2 is 1.50 bits per heavy atom. The number of sulfonamides is 1. The summed E-state index contributed by atoms with van der Waals surface area (Å²) in [6.07, 6.45) is 0.909. The molecule has 0 aliphatic heterocycles. The highest BCUT2D eigenvalue weighted by atomic mass is 35.5. The fourth-order valence-electron chi connectivity index (χ4n) is 4.87. The fraction of sp³-hybridized carbons (Fsp3) is 0.257. The maximum Gasteiger partial charge on any atom is 0.264 e. The number of nitrogens with one attached hydrogen (secondary N) is 1. The van der Waals surface area contributed by atoms with Crippen LogP contribution in [-0.2, 0) is 32.6 Å². The molecule has 11 heteroatoms. The molecule has 0 bridgehead atoms. The molecule has 0 heterocycles. The average Bonchev–Trinajstić information content (AvgIpc) is 3.06. The summed E-state index contributed by atoms with van der Waals surface area (Å²) in [5.74, 6) is -0.379. The van der Waals surface area contributed by atoms with Crippen molar-refractivity contribution in [3.63, 3.8) is 0 Å². The zero-order chi connectivity index (χ0) is 33.1. The number of carbonyl (C=O) groups is 2. The van der Waals surface area contributed by atoms with E-state index in [0.717, 1.165) is 9.87 Å². The molecule has 4 aromatic carbocycles. The van der Waals surface area contributed by atoms with E-state index in [1.165, 1.54) is 29.2 Å². The van der Waals surface area contributed by atoms with Gasteiger partial charge in [0.05, 0.1) is 17.2 Å². The SMILES string of the molecule is CCCNC(=O)[C@H](Cc1ccccc1)N(Cc1ccccc1Cl)C(=O)CN(c1ccc(OCC)cc1)S(=O)(=O)c1ccc(Cl)cc1. The second kappa shape index (κ2) is 16.5. The van der Waals surface area contributed by atoms with Gasteiger partial charge in [-0.05, 0) is 79.1 Å². The molecule has 4 rings (SSSR count). The lowest BCUT2D eigenvalue weighted by atomic mass is 10.0. The Hall–Kier alpha value is -4.05. The van der Waals surface area contributed by atoms with Gasteiger partial charge in [-0.15, -0.1) is 0 Å². The molecule has 0 saturated heterocycles. The first-order chi connectivity index (χ1) is 22.1. The molecule has 0 radical (unpaired) electrons. The predicted molar refractivity (Wildman–Crippen MR) is 183 cm³/mol. The van der Waals surface area contributed by atoms with Gasteiger partial charge in [-0.2, -0.15) is 0 Å². The van der Waals surface area contributed by atoms with E-state index < -0.39 is 28.5 Å². The van der Waals surface area contributed by atoms with E-state index in [9.17, 15) is 18.0 Å². The van der Waals surface area contributed by atoms with Crippen molar-refractivity contribution < 1.29 is 22.7 Å². The van der Waals surface area contributed by atoms with Crippen LogP contribution in [0.25, 0.3) is 0 Å². The second-order valence-corrected chi connectivity index (χ2v) is 13.2. The predicted octanol–water partition coefficient (Wildman–Crippen LogP) is 6.75. The van der Waals surface area contributed by atoms with Crippen molar-refractivity contribution in [1.82, 2.24) is 10.2 Å². The van der Waals surface area contributed by atoms with Gasteiger partial charge in [0, 0.05) is 29.6 Å². The van der Waals surface area contributed by atoms with Crippen LogP contribution in [0.5, 0.6) is 5.75 Å². The number of ether oxygens (including phenoxy) is 1. The van der Waals surface area contributed by atoms with Crippen LogP contribution in [0.4, 0.5) is 5.69 Å². The minimum absolute atomic E-state index is 0.0202. The minimum Gasteiger partial charge on any atom is -0.494 e. The molecule has 1 atom stereocenters. The molecule has 0 spiro atoms. The summed E-state index contributed by atoms with van der Waals surface area (Å²) >= 11 is 12.6. The van der Waals surface area contributed by atoms with Crippen molar-refractivity contribution in [2.24, 2.45) is 0 Å². The number of amides is 2. The summed E-state index contributed by atoms with van der Waals surface area (Å²) in [4.78, 5) is 29.6. The number of carbonyl (C=O) groups excluding carboxylic acids is 2. The summed E-state index contributed by atoms with van der Waals surface area (Å²) in [5.41, 5.74) is 1.71. The van der Waals surface area contributed by atoms with Gasteiger partial charge in [-0.3, -0.25) is 13.9 Å². The van der Waals surface area contributed by atoms with Crippen LogP contribution in [0.3, 0.4) is 0 Å². The fourth-order valence-corrected chi connectivity index (χ4v) is 6.60. The van der Waals surface area contributed by atoms with Crippen LogP contribution in [0, 0.1) is 0 Å². The first-order valence-corrected chi connectivity index (χ1v) is 17.2. The smallest absolute Gasteiger partial charge is 0.264 e. The quantitative estimate of drug-likeness (QED) is 0.150. The first-order valence-electron chi connectivity index (χ1n) is 15.0. The van der Waals surface area contributed by atoms with Crippen molar-refractivity contribution in [3.8, 4) is 5.75 Å². The number of anilines is 1. The Morgan fingerprint density at radius 1 is 0.848 bits per heavy atom. The van der Waals surface area contributed by atoms with Gasteiger partial charge in [0.15, 0.2) is 0 Å². The van der Waals surface area contributed by atoms with Gasteiger partial charge in [0.1, 0.15) is 18.3 Å². The molecule has 0 unspecified atom stereocenters. The van der Waals surface area contributed by atoms with Gasteiger partial charge in [0.25, 0.3) is 10.0 Å². The molecule has 1 N–H and O–H groups in total. The molecule has 0 aromatic heterocycles. The molecule has 2 amide bonds. The van der Waals surface area contributed by atoms with Crippen LogP contribution in [-0.4, -0.2) is 50.9 Å². The van der Waals surface area contributed by atoms with Crippen molar-refractivity contribution in [2.75, 3.05) is 24.0 Å². The lowest BCUT2D eigenvalue weighted by Crippen LogP contribution is -2.53. The highest BCUT2D eigenvalue weighted by molar-refractivity contribution is 7.92. The Labute approximate surface area is 280 Å². The Bertz CT molecular complexity index is 1700. The molecule has 0 aliphatic rings. The third-order valence-electron chi connectivity index (χ3n) is 7.24. The third-order valence-corrected chi connectivity index (χ3v) is 9.64. The molecular weight excluding hydrogens is 645 g/mol. The Morgan fingerprint density at radius 3 is 2.13 bits per heavy atom. The Balaban J connectivity index is 1.80. The summed E-state index contributed by atoms with van der Waals surface area (Å²) in [5, 5.41) is 3.72. The molecule has 0 fully saturated rings. The largest absolute Gasteiger partial charge is 0.494 e. The minimum atomic E-state index is -4.26. The number of hydrogen-bond acceptors (Lipinski definition) is 5. The van der Waals surface area contributed by atoms with Crippen LogP contribution in [0.2, 0.25) is 10.0 Å². The van der Waals surface area contributed by atoms with E-state index in [-0.39, 0.29) is 29.5 Å². The zero-order valence-corrected chi connectivity index (χ0v) is 28.1. The lowest BCUT2D eigenvalue weighted by Gasteiger charge is -2.34. The first kappa shape index (κ1) is 34.8. The number of halogens is 2. The average molecular weight is 683 g/mol. The number of nitrogens with zero attached hydrogens (tertiary/aromatic N) is 2. The monoisotopic (exact) mass is 681 g/mol. The second-order valence-electron chi connectivity index (χ2n) is 10.5. The third kappa shape index (κ3) is 9.02. The van der Waals surface area contributed by atoms with Crippen molar-refractivity contribution in [3.05, 3.63) is 124 Å². The molecule has 46 heavy (non-hydrogen) atoms. The van der Waals surface area contributed by atoms with Crippen LogP contribution < -0.4 is 14.4 Å². The molecule has 8 nitrogen and oxygen atoms in total. The van der Waals surface area contributed by atoms with E-state index in [2.05, 4.69) is 5.32 Å². The molecular formula is C35H37Cl2N3O5S. The molecule has 0 aliphatic carbocycles. The molecule has 4 aromatic rings. The summed E-state index contributed by atoms with van der Waals surface area (Å²) in [6.45, 7) is 4.03. The molecule has 242 valence electrons. The maximum absolute atomic E-state index is 14.5. The van der Waals surface area contributed by atoms with Crippen molar-refractivity contribution in [2.45, 2.75) is 44.2 Å². The van der Waals surface area contributed by atoms with Crippen LogP contribution >= 0.6 is 23.2 Å². The van der Waals surface area contributed by atoms with E-state index in [0.29, 0.717) is 40.9 Å². The van der Waals surface area contributed by atoms with Crippen LogP contribution in [0.15, 0.2) is 108 Å². The Kier molecular flexibility index (Phi) is 12.5. The van der Waals surface area contributed by atoms with Gasteiger partial charge < -0.3 is 15.0 Å². The van der Waals surface area contributed by atoms with Gasteiger partial charge in [0.2, 0.25) is 11.8 Å². The summed E-state index contributed by atoms with van der Waals surface area (Å²) in [6, 6.07) is 27.7. The topological polar surface area (TPSA) is 96.0 Å². The number of hydrogen-bond donors (Lipinski definition) is 1. The van der Waals surface area contributed by atoms with Gasteiger partial charge in [-0.1, -0.05) is 78.7 Å². The zero-order valence-electron chi connectivity index (χ0n) is 25.7. The van der Waals surface area contributed by atoms with Crippen molar-refractivity contribution in [1.29, 1.82) is 0 Å². The van der Waals surface area contributed by atoms with E-state index >= 15 is 0 Å². The van der Waals surface area contributed by atoms with E-state index in [1.54, 1.807) is 48.5 Å². The highest BCUT2D eigenvalue weighted by Gasteiger charge is 2.35. The van der Waals surface area contributed by atoms with E-state index in [4.69, 9.17) is 27.9 Å². The van der Waals surface area contributed by atoms with E-state index in [1.807, 2.05) is 44.2 Å².